The molecule has 6 atom stereocenters. The molecule has 5 rings (SSSR count). The average Bonchev–Trinajstić information content (AvgIpc) is 3.29. The van der Waals surface area contributed by atoms with Crippen molar-refractivity contribution < 1.29 is 56.4 Å². The average molecular weight is 664 g/mol. The standard InChI is InChI=1S/C27H26N2O14P2/c30-22-12-13-29(26(32)28-22)25-23(31)24(42-27(33)40-20-8-2-1-3-9-20)21(41-25)16-39-45(36,37)43-44(34,35)38-15-17-10-11-18-6-4-5-7-19(18)14-17/h1-14,21,23-25,31H,15-16H2,(H,34,35)(H,36,37)(H,28,30,32). The minimum absolute atomic E-state index is 0.0905. The zero-order chi connectivity index (χ0) is 32.2. The number of aromatic nitrogens is 2. The van der Waals surface area contributed by atoms with E-state index in [1.807, 2.05) is 29.2 Å². The van der Waals surface area contributed by atoms with Gasteiger partial charge in [0.25, 0.3) is 5.56 Å². The predicted octanol–water partition coefficient (Wildman–Crippen LogP) is 2.98. The third kappa shape index (κ3) is 8.41. The lowest BCUT2D eigenvalue weighted by molar-refractivity contribution is -0.0557. The minimum Gasteiger partial charge on any atom is -0.425 e. The zero-order valence-electron chi connectivity index (χ0n) is 23.0. The Kier molecular flexibility index (Phi) is 9.79. The van der Waals surface area contributed by atoms with E-state index in [0.717, 1.165) is 27.6 Å². The summed E-state index contributed by atoms with van der Waals surface area (Å²) in [4.78, 5) is 58.5. The van der Waals surface area contributed by atoms with Crippen molar-refractivity contribution in [1.29, 1.82) is 0 Å². The maximum Gasteiger partial charge on any atom is 0.514 e. The number of aromatic amines is 1. The molecule has 16 nitrogen and oxygen atoms in total. The van der Waals surface area contributed by atoms with Gasteiger partial charge in [0.05, 0.1) is 13.2 Å². The molecule has 0 spiro atoms. The summed E-state index contributed by atoms with van der Waals surface area (Å²) in [7, 11) is -10.5. The molecule has 1 aliphatic heterocycles. The maximum absolute atomic E-state index is 12.6. The lowest BCUT2D eigenvalue weighted by atomic mass is 10.1. The monoisotopic (exact) mass is 664 g/mol. The second-order valence-corrected chi connectivity index (χ2v) is 12.6. The highest BCUT2D eigenvalue weighted by Crippen LogP contribution is 2.61. The van der Waals surface area contributed by atoms with E-state index in [0.29, 0.717) is 5.56 Å². The molecule has 1 fully saturated rings. The number of phosphoric ester groups is 2. The van der Waals surface area contributed by atoms with Crippen LogP contribution in [0.25, 0.3) is 10.8 Å². The van der Waals surface area contributed by atoms with Crippen LogP contribution in [0.3, 0.4) is 0 Å². The van der Waals surface area contributed by atoms with E-state index in [1.54, 1.807) is 36.4 Å². The summed E-state index contributed by atoms with van der Waals surface area (Å²) >= 11 is 0. The number of fused-ring (bicyclic) bond motifs is 1. The summed E-state index contributed by atoms with van der Waals surface area (Å²) < 4.78 is 55.8. The Hall–Kier alpha value is -3.95. The van der Waals surface area contributed by atoms with Gasteiger partial charge in [-0.15, -0.1) is 0 Å². The van der Waals surface area contributed by atoms with E-state index >= 15 is 0 Å². The van der Waals surface area contributed by atoms with Crippen LogP contribution in [-0.2, 0) is 38.6 Å². The highest BCUT2D eigenvalue weighted by atomic mass is 31.3. The van der Waals surface area contributed by atoms with Crippen LogP contribution in [-0.4, -0.2) is 55.5 Å². The molecule has 0 aliphatic carbocycles. The van der Waals surface area contributed by atoms with Crippen LogP contribution in [0.15, 0.2) is 94.6 Å². The molecule has 4 aromatic rings. The van der Waals surface area contributed by atoms with Crippen molar-refractivity contribution in [3.8, 4) is 5.75 Å². The number of H-pyrrole nitrogens is 1. The molecule has 18 heteroatoms. The number of nitrogens with zero attached hydrogens (tertiary/aromatic N) is 1. The van der Waals surface area contributed by atoms with Gasteiger partial charge in [0.1, 0.15) is 18.0 Å². The number of carbonyl (C=O) groups is 1. The first kappa shape index (κ1) is 32.4. The van der Waals surface area contributed by atoms with Crippen LogP contribution in [0.2, 0.25) is 0 Å². The first-order valence-electron chi connectivity index (χ1n) is 13.1. The van der Waals surface area contributed by atoms with Gasteiger partial charge in [-0.1, -0.05) is 54.6 Å². The number of aliphatic hydroxyl groups is 1. The molecular formula is C27H26N2O14P2. The van der Waals surface area contributed by atoms with Gasteiger partial charge >= 0.3 is 27.5 Å². The molecule has 4 N–H and O–H groups in total. The quantitative estimate of drug-likeness (QED) is 0.103. The van der Waals surface area contributed by atoms with Crippen molar-refractivity contribution in [3.63, 3.8) is 0 Å². The van der Waals surface area contributed by atoms with Crippen LogP contribution in [0.5, 0.6) is 5.75 Å². The summed E-state index contributed by atoms with van der Waals surface area (Å²) in [6, 6.07) is 21.1. The molecule has 1 aromatic heterocycles. The van der Waals surface area contributed by atoms with Gasteiger partial charge < -0.3 is 29.1 Å². The number of rotatable bonds is 11. The SMILES string of the molecule is O=C(Oc1ccccc1)OC1C(COP(=O)(O)OP(=O)(O)OCc2ccc3ccccc3c2)OC(n2ccc(=O)[nH]c2=O)C1O. The predicted molar refractivity (Wildman–Crippen MR) is 154 cm³/mol. The third-order valence-corrected chi connectivity index (χ3v) is 9.01. The first-order chi connectivity index (χ1) is 21.4. The third-order valence-electron chi connectivity index (χ3n) is 6.43. The Labute approximate surface area is 253 Å². The summed E-state index contributed by atoms with van der Waals surface area (Å²) in [5.41, 5.74) is -1.25. The second-order valence-electron chi connectivity index (χ2n) is 9.59. The first-order valence-corrected chi connectivity index (χ1v) is 16.1. The summed E-state index contributed by atoms with van der Waals surface area (Å²) in [6.07, 6.45) is -6.90. The van der Waals surface area contributed by atoms with Gasteiger partial charge in [0.2, 0.25) is 0 Å². The molecule has 0 radical (unpaired) electrons. The number of aliphatic hydroxyl groups excluding tert-OH is 1. The van der Waals surface area contributed by atoms with Crippen molar-refractivity contribution in [2.75, 3.05) is 6.61 Å². The molecule has 0 bridgehead atoms. The van der Waals surface area contributed by atoms with Crippen molar-refractivity contribution >= 4 is 32.6 Å². The lowest BCUT2D eigenvalue weighted by Gasteiger charge is -2.21. The molecule has 1 saturated heterocycles. The van der Waals surface area contributed by atoms with Crippen LogP contribution >= 0.6 is 15.6 Å². The number of carbonyl (C=O) groups excluding carboxylic acids is 1. The van der Waals surface area contributed by atoms with Gasteiger partial charge in [0.15, 0.2) is 12.3 Å². The summed E-state index contributed by atoms with van der Waals surface area (Å²) in [5.74, 6) is 0.0905. The zero-order valence-corrected chi connectivity index (χ0v) is 24.8. The Morgan fingerprint density at radius 1 is 0.911 bits per heavy atom. The number of hydrogen-bond acceptors (Lipinski definition) is 12. The van der Waals surface area contributed by atoms with Gasteiger partial charge in [-0.05, 0) is 34.5 Å². The van der Waals surface area contributed by atoms with Crippen LogP contribution in [0.4, 0.5) is 4.79 Å². The van der Waals surface area contributed by atoms with Crippen molar-refractivity contribution in [2.24, 2.45) is 0 Å². The van der Waals surface area contributed by atoms with Crippen molar-refractivity contribution in [1.82, 2.24) is 9.55 Å². The normalized spacial score (nSPS) is 22.4. The number of benzene rings is 3. The fourth-order valence-electron chi connectivity index (χ4n) is 4.41. The van der Waals surface area contributed by atoms with E-state index in [9.17, 15) is 38.4 Å². The molecule has 3 aromatic carbocycles. The van der Waals surface area contributed by atoms with Gasteiger partial charge in [-0.3, -0.25) is 23.4 Å². The van der Waals surface area contributed by atoms with E-state index in [4.69, 9.17) is 23.3 Å². The molecule has 0 amide bonds. The molecule has 45 heavy (non-hydrogen) atoms. The molecule has 2 heterocycles. The van der Waals surface area contributed by atoms with Crippen LogP contribution < -0.4 is 16.0 Å². The molecule has 0 saturated carbocycles. The fourth-order valence-corrected chi connectivity index (χ4v) is 6.47. The lowest BCUT2D eigenvalue weighted by Crippen LogP contribution is -2.40. The number of phosphoric acid groups is 2. The van der Waals surface area contributed by atoms with Gasteiger partial charge in [-0.2, -0.15) is 4.31 Å². The second kappa shape index (κ2) is 13.6. The molecule has 6 unspecified atom stereocenters. The number of para-hydroxylation sites is 1. The van der Waals surface area contributed by atoms with Crippen LogP contribution in [0, 0.1) is 0 Å². The van der Waals surface area contributed by atoms with E-state index < -0.39 is 70.8 Å². The molecular weight excluding hydrogens is 638 g/mol. The number of ether oxygens (including phenoxy) is 3. The van der Waals surface area contributed by atoms with Crippen LogP contribution in [0.1, 0.15) is 11.8 Å². The Balaban J connectivity index is 1.26. The minimum atomic E-state index is -5.36. The van der Waals surface area contributed by atoms with Crippen molar-refractivity contribution in [2.45, 2.75) is 31.1 Å². The molecule has 1 aliphatic rings. The summed E-state index contributed by atoms with van der Waals surface area (Å²) in [5, 5.41) is 12.7. The topological polar surface area (TPSA) is 222 Å². The number of hydrogen-bond donors (Lipinski definition) is 4. The Bertz CT molecular complexity index is 1880. The molecule has 238 valence electrons. The highest BCUT2D eigenvalue weighted by Gasteiger charge is 2.49. The highest BCUT2D eigenvalue weighted by molar-refractivity contribution is 7.61. The maximum atomic E-state index is 12.6. The van der Waals surface area contributed by atoms with E-state index in [2.05, 4.69) is 4.31 Å². The Morgan fingerprint density at radius 2 is 1.60 bits per heavy atom. The van der Waals surface area contributed by atoms with Gasteiger partial charge in [-0.25, -0.2) is 18.7 Å². The van der Waals surface area contributed by atoms with E-state index in [1.165, 1.54) is 12.1 Å². The van der Waals surface area contributed by atoms with Gasteiger partial charge in [0, 0.05) is 12.3 Å². The van der Waals surface area contributed by atoms with E-state index in [-0.39, 0.29) is 5.75 Å². The Morgan fingerprint density at radius 3 is 2.33 bits per heavy atom. The summed E-state index contributed by atoms with van der Waals surface area (Å²) in [6.45, 7) is -1.42. The fraction of sp³-hybridized carbons (Fsp3) is 0.222. The van der Waals surface area contributed by atoms with Crippen molar-refractivity contribution in [3.05, 3.63) is 111 Å². The smallest absolute Gasteiger partial charge is 0.425 e. The number of nitrogens with one attached hydrogen (secondary N) is 1. The largest absolute Gasteiger partial charge is 0.514 e.